The molecule has 0 atom stereocenters. The Morgan fingerprint density at radius 3 is 2.45 bits per heavy atom. The average molecular weight is 331 g/mol. The van der Waals surface area contributed by atoms with Crippen molar-refractivity contribution in [1.82, 2.24) is 0 Å². The van der Waals surface area contributed by atoms with E-state index in [0.29, 0.717) is 34.0 Å². The first-order valence-electron chi connectivity index (χ1n) is 6.14. The van der Waals surface area contributed by atoms with E-state index in [-0.39, 0.29) is 0 Å². The second-order valence-electron chi connectivity index (χ2n) is 4.31. The van der Waals surface area contributed by atoms with Crippen LogP contribution in [0.25, 0.3) is 0 Å². The number of hydrogen-bond acceptors (Lipinski definition) is 2. The van der Waals surface area contributed by atoms with Gasteiger partial charge >= 0.3 is 0 Å². The summed E-state index contributed by atoms with van der Waals surface area (Å²) >= 11 is 17.8. The Labute approximate surface area is 133 Å². The lowest BCUT2D eigenvalue weighted by atomic mass is 10.2. The molecule has 0 spiro atoms. The van der Waals surface area contributed by atoms with E-state index < -0.39 is 0 Å². The number of ether oxygens (including phenoxy) is 1. The Morgan fingerprint density at radius 1 is 1.00 bits per heavy atom. The van der Waals surface area contributed by atoms with E-state index in [1.165, 1.54) is 0 Å². The molecule has 0 fully saturated rings. The zero-order valence-electron chi connectivity index (χ0n) is 10.9. The van der Waals surface area contributed by atoms with Crippen LogP contribution in [0.4, 0.5) is 5.69 Å². The van der Waals surface area contributed by atoms with Crippen molar-refractivity contribution in [3.63, 3.8) is 0 Å². The molecule has 106 valence electrons. The largest absolute Gasteiger partial charge is 0.490 e. The van der Waals surface area contributed by atoms with Crippen molar-refractivity contribution in [2.24, 2.45) is 0 Å². The number of nitrogens with one attached hydrogen (secondary N) is 1. The lowest BCUT2D eigenvalue weighted by molar-refractivity contribution is 0.333. The van der Waals surface area contributed by atoms with Gasteiger partial charge in [-0.05, 0) is 42.8 Å². The number of benzene rings is 2. The Balaban J connectivity index is 1.86. The van der Waals surface area contributed by atoms with E-state index >= 15 is 0 Å². The highest BCUT2D eigenvalue weighted by molar-refractivity contribution is 6.35. The van der Waals surface area contributed by atoms with Crippen LogP contribution in [0, 0.1) is 6.92 Å². The first-order valence-corrected chi connectivity index (χ1v) is 7.27. The molecule has 2 rings (SSSR count). The molecule has 2 aromatic carbocycles. The molecular formula is C15H14Cl3NO. The van der Waals surface area contributed by atoms with E-state index in [4.69, 9.17) is 39.5 Å². The van der Waals surface area contributed by atoms with Gasteiger partial charge < -0.3 is 10.1 Å². The van der Waals surface area contributed by atoms with Gasteiger partial charge in [-0.3, -0.25) is 0 Å². The van der Waals surface area contributed by atoms with Crippen LogP contribution >= 0.6 is 34.8 Å². The number of hydrogen-bond donors (Lipinski definition) is 1. The first kappa shape index (κ1) is 15.3. The molecule has 1 N–H and O–H groups in total. The normalized spacial score (nSPS) is 10.4. The zero-order valence-corrected chi connectivity index (χ0v) is 13.2. The van der Waals surface area contributed by atoms with Crippen LogP contribution in [0.15, 0.2) is 36.4 Å². The van der Waals surface area contributed by atoms with Gasteiger partial charge in [0.1, 0.15) is 12.4 Å². The first-order chi connectivity index (χ1) is 9.56. The number of rotatable bonds is 5. The number of halogens is 3. The van der Waals surface area contributed by atoms with Crippen LogP contribution in [0.3, 0.4) is 0 Å². The van der Waals surface area contributed by atoms with Crippen LogP contribution in [0.2, 0.25) is 15.1 Å². The molecule has 0 saturated heterocycles. The Morgan fingerprint density at radius 2 is 1.70 bits per heavy atom. The monoisotopic (exact) mass is 329 g/mol. The van der Waals surface area contributed by atoms with Gasteiger partial charge in [0, 0.05) is 22.3 Å². The second-order valence-corrected chi connectivity index (χ2v) is 5.59. The predicted molar refractivity (Wildman–Crippen MR) is 86.6 cm³/mol. The molecule has 0 aliphatic rings. The fourth-order valence-corrected chi connectivity index (χ4v) is 2.36. The van der Waals surface area contributed by atoms with Crippen molar-refractivity contribution in [1.29, 1.82) is 0 Å². The maximum atomic E-state index is 6.02. The molecule has 0 aromatic heterocycles. The van der Waals surface area contributed by atoms with Crippen molar-refractivity contribution in [2.45, 2.75) is 6.92 Å². The summed E-state index contributed by atoms with van der Waals surface area (Å²) in [7, 11) is 0. The molecule has 0 aliphatic carbocycles. The third-order valence-corrected chi connectivity index (χ3v) is 3.53. The van der Waals surface area contributed by atoms with Crippen molar-refractivity contribution in [2.75, 3.05) is 18.5 Å². The Hall–Kier alpha value is -1.09. The molecule has 0 aliphatic heterocycles. The quantitative estimate of drug-likeness (QED) is 0.736. The summed E-state index contributed by atoms with van der Waals surface area (Å²) in [6, 6.07) is 10.9. The van der Waals surface area contributed by atoms with Crippen molar-refractivity contribution in [3.8, 4) is 5.75 Å². The molecule has 0 saturated carbocycles. The minimum atomic E-state index is 0.493. The third kappa shape index (κ3) is 4.20. The highest BCUT2D eigenvalue weighted by Gasteiger charge is 2.03. The molecule has 0 amide bonds. The highest BCUT2D eigenvalue weighted by atomic mass is 35.5. The van der Waals surface area contributed by atoms with Crippen molar-refractivity contribution in [3.05, 3.63) is 57.0 Å². The summed E-state index contributed by atoms with van der Waals surface area (Å²) in [6.45, 7) is 3.17. The summed E-state index contributed by atoms with van der Waals surface area (Å²) < 4.78 is 5.60. The number of aryl methyl sites for hydroxylation is 1. The van der Waals surface area contributed by atoms with Crippen molar-refractivity contribution >= 4 is 40.5 Å². The molecule has 20 heavy (non-hydrogen) atoms. The van der Waals surface area contributed by atoms with Gasteiger partial charge in [-0.15, -0.1) is 0 Å². The van der Waals surface area contributed by atoms with Gasteiger partial charge in [0.25, 0.3) is 0 Å². The molecule has 2 nitrogen and oxygen atoms in total. The van der Waals surface area contributed by atoms with Gasteiger partial charge in [-0.2, -0.15) is 0 Å². The van der Waals surface area contributed by atoms with Gasteiger partial charge in [0.2, 0.25) is 0 Å². The number of anilines is 1. The topological polar surface area (TPSA) is 21.3 Å². The van der Waals surface area contributed by atoms with E-state index in [0.717, 1.165) is 11.3 Å². The summed E-state index contributed by atoms with van der Waals surface area (Å²) in [4.78, 5) is 0. The molecule has 0 unspecified atom stereocenters. The summed E-state index contributed by atoms with van der Waals surface area (Å²) in [5.41, 5.74) is 2.14. The fraction of sp³-hybridized carbons (Fsp3) is 0.200. The van der Waals surface area contributed by atoms with Crippen molar-refractivity contribution < 1.29 is 4.74 Å². The standard InChI is InChI=1S/C15H14Cl3NO/c1-10-2-3-12(17)9-14(10)19-6-7-20-15-5-4-11(16)8-13(15)18/h2-5,8-9,19H,6-7H2,1H3. The zero-order chi connectivity index (χ0) is 14.5. The third-order valence-electron chi connectivity index (χ3n) is 2.77. The smallest absolute Gasteiger partial charge is 0.138 e. The highest BCUT2D eigenvalue weighted by Crippen LogP contribution is 2.27. The minimum absolute atomic E-state index is 0.493. The van der Waals surface area contributed by atoms with E-state index in [1.54, 1.807) is 18.2 Å². The summed E-state index contributed by atoms with van der Waals surface area (Å²) in [6.07, 6.45) is 0. The van der Waals surface area contributed by atoms with Crippen LogP contribution in [0.5, 0.6) is 5.75 Å². The molecular weight excluding hydrogens is 317 g/mol. The van der Waals surface area contributed by atoms with E-state index in [2.05, 4.69) is 5.32 Å². The Kier molecular flexibility index (Phi) is 5.41. The fourth-order valence-electron chi connectivity index (χ4n) is 1.72. The van der Waals surface area contributed by atoms with Crippen LogP contribution in [0.1, 0.15) is 5.56 Å². The molecule has 0 radical (unpaired) electrons. The minimum Gasteiger partial charge on any atom is -0.490 e. The van der Waals surface area contributed by atoms with Gasteiger partial charge in [0.05, 0.1) is 5.02 Å². The summed E-state index contributed by atoms with van der Waals surface area (Å²) in [5.74, 6) is 0.626. The van der Waals surface area contributed by atoms with E-state index in [9.17, 15) is 0 Å². The molecule has 0 bridgehead atoms. The predicted octanol–water partition coefficient (Wildman–Crippen LogP) is 5.45. The lowest BCUT2D eigenvalue weighted by Gasteiger charge is -2.12. The van der Waals surface area contributed by atoms with Crippen LogP contribution in [-0.2, 0) is 0 Å². The Bertz CT molecular complexity index is 602. The van der Waals surface area contributed by atoms with Gasteiger partial charge in [-0.1, -0.05) is 40.9 Å². The molecule has 2 aromatic rings. The SMILES string of the molecule is Cc1ccc(Cl)cc1NCCOc1ccc(Cl)cc1Cl. The van der Waals surface area contributed by atoms with Gasteiger partial charge in [-0.25, -0.2) is 0 Å². The molecule has 5 heteroatoms. The summed E-state index contributed by atoms with van der Waals surface area (Å²) in [5, 5.41) is 5.09. The maximum absolute atomic E-state index is 6.02. The average Bonchev–Trinajstić information content (AvgIpc) is 2.40. The van der Waals surface area contributed by atoms with Gasteiger partial charge in [0.15, 0.2) is 0 Å². The van der Waals surface area contributed by atoms with Crippen LogP contribution < -0.4 is 10.1 Å². The second kappa shape index (κ2) is 7.07. The maximum Gasteiger partial charge on any atom is 0.138 e. The van der Waals surface area contributed by atoms with Crippen LogP contribution in [-0.4, -0.2) is 13.2 Å². The van der Waals surface area contributed by atoms with E-state index in [1.807, 2.05) is 25.1 Å². The molecule has 0 heterocycles. The lowest BCUT2D eigenvalue weighted by Crippen LogP contribution is -2.12.